The predicted molar refractivity (Wildman–Crippen MR) is 106 cm³/mol. The predicted octanol–water partition coefficient (Wildman–Crippen LogP) is 5.87. The van der Waals surface area contributed by atoms with Gasteiger partial charge in [0.2, 0.25) is 0 Å². The monoisotopic (exact) mass is 348 g/mol. The number of amides is 2. The molecule has 2 amide bonds. The maximum Gasteiger partial charge on any atom is 0.332 e. The normalized spacial score (nSPS) is 21.2. The van der Waals surface area contributed by atoms with E-state index in [1.807, 2.05) is 0 Å². The van der Waals surface area contributed by atoms with E-state index in [2.05, 4.69) is 70.9 Å². The third-order valence-corrected chi connectivity index (χ3v) is 5.47. The van der Waals surface area contributed by atoms with Gasteiger partial charge in [0.1, 0.15) is 0 Å². The van der Waals surface area contributed by atoms with Crippen LogP contribution in [0.5, 0.6) is 0 Å². The highest BCUT2D eigenvalue weighted by Gasteiger charge is 2.25. The molecule has 1 saturated carbocycles. The van der Waals surface area contributed by atoms with Gasteiger partial charge in [0, 0.05) is 6.04 Å². The number of nitrogens with one attached hydrogen (secondary N) is 1. The van der Waals surface area contributed by atoms with Crippen molar-refractivity contribution in [2.24, 2.45) is 5.92 Å². The molecule has 24 heavy (non-hydrogen) atoms. The molecule has 0 bridgehead atoms. The Morgan fingerprint density at radius 3 is 2.04 bits per heavy atom. The van der Waals surface area contributed by atoms with Crippen molar-refractivity contribution in [3.63, 3.8) is 0 Å². The standard InChI is InChI=1S/C20H32N2OS/c1-13(2)17-7-6-8-18(14(3)4)19(17)22(24)20(23)21-16-11-9-15(5)10-12-16/h6-8,13-16,24H,9-12H2,1-5H3,(H,21,23). The topological polar surface area (TPSA) is 32.3 Å². The molecule has 1 fully saturated rings. The first-order chi connectivity index (χ1) is 11.3. The number of anilines is 1. The Morgan fingerprint density at radius 2 is 1.58 bits per heavy atom. The molecule has 0 atom stereocenters. The molecule has 3 nitrogen and oxygen atoms in total. The molecule has 1 aliphatic rings. The smallest absolute Gasteiger partial charge is 0.332 e. The first kappa shape index (κ1) is 19.2. The second-order valence-corrected chi connectivity index (χ2v) is 8.21. The van der Waals surface area contributed by atoms with Crippen molar-refractivity contribution in [3.8, 4) is 0 Å². The van der Waals surface area contributed by atoms with Gasteiger partial charge >= 0.3 is 6.03 Å². The number of nitrogens with zero attached hydrogens (tertiary/aromatic N) is 1. The minimum Gasteiger partial charge on any atom is -0.334 e. The minimum absolute atomic E-state index is 0.104. The summed E-state index contributed by atoms with van der Waals surface area (Å²) in [6.45, 7) is 10.9. The summed E-state index contributed by atoms with van der Waals surface area (Å²) in [5.74, 6) is 1.47. The molecule has 0 heterocycles. The first-order valence-corrected chi connectivity index (χ1v) is 9.63. The fourth-order valence-corrected chi connectivity index (χ4v) is 3.79. The summed E-state index contributed by atoms with van der Waals surface area (Å²) in [7, 11) is 0. The van der Waals surface area contributed by atoms with E-state index in [4.69, 9.17) is 0 Å². The van der Waals surface area contributed by atoms with Crippen molar-refractivity contribution in [1.29, 1.82) is 0 Å². The average Bonchev–Trinajstić information content (AvgIpc) is 2.55. The molecule has 0 unspecified atom stereocenters. The van der Waals surface area contributed by atoms with Crippen LogP contribution in [0.4, 0.5) is 10.5 Å². The lowest BCUT2D eigenvalue weighted by Crippen LogP contribution is -2.43. The molecule has 0 radical (unpaired) electrons. The Bertz CT molecular complexity index is 537. The highest BCUT2D eigenvalue weighted by Crippen LogP contribution is 2.36. The Morgan fingerprint density at radius 1 is 1.08 bits per heavy atom. The van der Waals surface area contributed by atoms with Crippen LogP contribution in [-0.4, -0.2) is 12.1 Å². The molecule has 0 saturated heterocycles. The zero-order valence-corrected chi connectivity index (χ0v) is 16.6. The van der Waals surface area contributed by atoms with E-state index in [0.717, 1.165) is 24.4 Å². The van der Waals surface area contributed by atoms with Crippen molar-refractivity contribution in [3.05, 3.63) is 29.3 Å². The lowest BCUT2D eigenvalue weighted by atomic mass is 9.87. The van der Waals surface area contributed by atoms with E-state index in [1.165, 1.54) is 28.3 Å². The summed E-state index contributed by atoms with van der Waals surface area (Å²) in [6, 6.07) is 6.45. The van der Waals surface area contributed by atoms with Crippen LogP contribution in [0.25, 0.3) is 0 Å². The van der Waals surface area contributed by atoms with Gasteiger partial charge in [0.15, 0.2) is 0 Å². The van der Waals surface area contributed by atoms with Gasteiger partial charge in [-0.3, -0.25) is 0 Å². The number of benzene rings is 1. The fraction of sp³-hybridized carbons (Fsp3) is 0.650. The number of urea groups is 1. The van der Waals surface area contributed by atoms with E-state index in [0.29, 0.717) is 11.8 Å². The molecular weight excluding hydrogens is 316 g/mol. The van der Waals surface area contributed by atoms with Crippen molar-refractivity contribution in [1.82, 2.24) is 5.32 Å². The van der Waals surface area contributed by atoms with Crippen LogP contribution in [0.2, 0.25) is 0 Å². The molecule has 2 rings (SSSR count). The number of carbonyl (C=O) groups is 1. The van der Waals surface area contributed by atoms with Gasteiger partial charge in [-0.25, -0.2) is 9.10 Å². The van der Waals surface area contributed by atoms with E-state index in [1.54, 1.807) is 0 Å². The van der Waals surface area contributed by atoms with Crippen molar-refractivity contribution in [2.75, 3.05) is 4.31 Å². The van der Waals surface area contributed by atoms with Crippen molar-refractivity contribution < 1.29 is 4.79 Å². The van der Waals surface area contributed by atoms with Gasteiger partial charge in [0.25, 0.3) is 0 Å². The number of rotatable bonds is 4. The van der Waals surface area contributed by atoms with Crippen LogP contribution < -0.4 is 9.62 Å². The van der Waals surface area contributed by atoms with E-state index in [-0.39, 0.29) is 12.1 Å². The van der Waals surface area contributed by atoms with E-state index >= 15 is 0 Å². The number of thiol groups is 1. The molecule has 0 aliphatic heterocycles. The number of para-hydroxylation sites is 1. The molecule has 1 aliphatic carbocycles. The van der Waals surface area contributed by atoms with Crippen molar-refractivity contribution >= 4 is 24.5 Å². The van der Waals surface area contributed by atoms with Crippen LogP contribution in [-0.2, 0) is 0 Å². The third kappa shape index (κ3) is 4.47. The summed E-state index contributed by atoms with van der Waals surface area (Å²) in [6.07, 6.45) is 4.52. The number of hydrogen-bond acceptors (Lipinski definition) is 2. The van der Waals surface area contributed by atoms with Crippen LogP contribution in [0.1, 0.15) is 83.3 Å². The fourth-order valence-electron chi connectivity index (χ4n) is 3.50. The van der Waals surface area contributed by atoms with Gasteiger partial charge in [0.05, 0.1) is 5.69 Å². The van der Waals surface area contributed by atoms with Gasteiger partial charge in [-0.1, -0.05) is 65.6 Å². The van der Waals surface area contributed by atoms with Crippen molar-refractivity contribution in [2.45, 2.75) is 78.2 Å². The second-order valence-electron chi connectivity index (χ2n) is 7.81. The van der Waals surface area contributed by atoms with Crippen LogP contribution in [0.15, 0.2) is 18.2 Å². The summed E-state index contributed by atoms with van der Waals surface area (Å²) >= 11 is 4.58. The molecule has 0 spiro atoms. The summed E-state index contributed by atoms with van der Waals surface area (Å²) in [4.78, 5) is 12.8. The van der Waals surface area contributed by atoms with Gasteiger partial charge in [-0.2, -0.15) is 0 Å². The Hall–Kier alpha value is -1.16. The molecule has 1 aromatic rings. The number of carbonyl (C=O) groups excluding carboxylic acids is 1. The quantitative estimate of drug-likeness (QED) is 0.655. The summed E-state index contributed by atoms with van der Waals surface area (Å²) in [5, 5.41) is 3.18. The Labute approximate surface area is 152 Å². The number of hydrogen-bond donors (Lipinski definition) is 2. The molecule has 1 aromatic carbocycles. The van der Waals surface area contributed by atoms with Gasteiger partial charge < -0.3 is 5.32 Å². The second kappa shape index (κ2) is 8.28. The Kier molecular flexibility index (Phi) is 6.62. The van der Waals surface area contributed by atoms with E-state index < -0.39 is 0 Å². The third-order valence-electron chi connectivity index (χ3n) is 5.09. The SMILES string of the molecule is CC1CCC(NC(=O)N(S)c2c(C(C)C)cccc2C(C)C)CC1. The van der Waals surface area contributed by atoms with Gasteiger partial charge in [-0.05, 0) is 54.6 Å². The maximum atomic E-state index is 12.8. The molecule has 4 heteroatoms. The zero-order valence-electron chi connectivity index (χ0n) is 15.7. The summed E-state index contributed by atoms with van der Waals surface area (Å²) < 4.78 is 1.53. The first-order valence-electron chi connectivity index (χ1n) is 9.23. The lowest BCUT2D eigenvalue weighted by Gasteiger charge is -2.30. The van der Waals surface area contributed by atoms with Gasteiger partial charge in [-0.15, -0.1) is 0 Å². The molecule has 134 valence electrons. The molecule has 0 aromatic heterocycles. The molecular formula is C20H32N2OS. The largest absolute Gasteiger partial charge is 0.334 e. The van der Waals surface area contributed by atoms with Crippen LogP contribution in [0, 0.1) is 5.92 Å². The lowest BCUT2D eigenvalue weighted by molar-refractivity contribution is 0.237. The van der Waals surface area contributed by atoms with Crippen LogP contribution >= 0.6 is 12.8 Å². The van der Waals surface area contributed by atoms with E-state index in [9.17, 15) is 4.79 Å². The average molecular weight is 349 g/mol. The Balaban J connectivity index is 2.21. The van der Waals surface area contributed by atoms with Crippen LogP contribution in [0.3, 0.4) is 0 Å². The summed E-state index contributed by atoms with van der Waals surface area (Å²) in [5.41, 5.74) is 3.29. The molecule has 1 N–H and O–H groups in total. The maximum absolute atomic E-state index is 12.8. The highest BCUT2D eigenvalue weighted by atomic mass is 32.1. The zero-order chi connectivity index (χ0) is 17.9. The highest BCUT2D eigenvalue weighted by molar-refractivity contribution is 7.82. The minimum atomic E-state index is -0.104.